The van der Waals surface area contributed by atoms with Crippen LogP contribution in [0.25, 0.3) is 11.0 Å². The Bertz CT molecular complexity index is 1400. The van der Waals surface area contributed by atoms with Crippen molar-refractivity contribution in [2.75, 3.05) is 26.4 Å². The molecule has 0 atom stereocenters. The fourth-order valence-electron chi connectivity index (χ4n) is 5.20. The van der Waals surface area contributed by atoms with Crippen molar-refractivity contribution in [3.8, 4) is 17.2 Å². The fourth-order valence-corrected chi connectivity index (χ4v) is 5.20. The number of hydrogen-bond acceptors (Lipinski definition) is 6. The molecule has 0 radical (unpaired) electrons. The molecule has 8 heteroatoms. The number of para-hydroxylation sites is 3. The number of carbonyl (C=O) groups is 1. The lowest BCUT2D eigenvalue weighted by Gasteiger charge is -2.32. The van der Waals surface area contributed by atoms with E-state index in [1.54, 1.807) is 0 Å². The summed E-state index contributed by atoms with van der Waals surface area (Å²) in [6, 6.07) is 23.9. The van der Waals surface area contributed by atoms with Crippen LogP contribution in [0.4, 0.5) is 0 Å². The van der Waals surface area contributed by atoms with Gasteiger partial charge in [-0.2, -0.15) is 0 Å². The maximum Gasteiger partial charge on any atom is 0.234 e. The topological polar surface area (TPSA) is 77.9 Å². The Hall–Kier alpha value is -4.04. The number of piperidine rings is 1. The van der Waals surface area contributed by atoms with Crippen LogP contribution >= 0.6 is 0 Å². The van der Waals surface area contributed by atoms with Crippen LogP contribution in [0.2, 0.25) is 0 Å². The van der Waals surface area contributed by atoms with Crippen LogP contribution in [-0.2, 0) is 24.5 Å². The van der Waals surface area contributed by atoms with Crippen molar-refractivity contribution in [2.24, 2.45) is 5.92 Å². The average molecular weight is 513 g/mol. The zero-order valence-corrected chi connectivity index (χ0v) is 21.3. The summed E-state index contributed by atoms with van der Waals surface area (Å²) >= 11 is 0. The van der Waals surface area contributed by atoms with E-state index < -0.39 is 0 Å². The minimum Gasteiger partial charge on any atom is -0.486 e. The van der Waals surface area contributed by atoms with Gasteiger partial charge in [-0.15, -0.1) is 0 Å². The molecule has 3 aromatic carbocycles. The van der Waals surface area contributed by atoms with Crippen LogP contribution in [0.1, 0.15) is 24.2 Å². The molecule has 38 heavy (non-hydrogen) atoms. The lowest BCUT2D eigenvalue weighted by molar-refractivity contribution is -0.122. The third-order valence-electron chi connectivity index (χ3n) is 7.29. The zero-order valence-electron chi connectivity index (χ0n) is 21.3. The molecule has 1 aromatic heterocycles. The maximum absolute atomic E-state index is 12.6. The van der Waals surface area contributed by atoms with E-state index >= 15 is 0 Å². The van der Waals surface area contributed by atoms with Gasteiger partial charge >= 0.3 is 0 Å². The van der Waals surface area contributed by atoms with E-state index in [1.807, 2.05) is 54.6 Å². The van der Waals surface area contributed by atoms with Crippen LogP contribution in [-0.4, -0.2) is 46.8 Å². The number of rotatable bonds is 9. The van der Waals surface area contributed by atoms with Crippen molar-refractivity contribution in [3.05, 3.63) is 84.2 Å². The molecule has 0 aliphatic carbocycles. The van der Waals surface area contributed by atoms with Crippen molar-refractivity contribution < 1.29 is 19.0 Å². The van der Waals surface area contributed by atoms with Gasteiger partial charge in [0.2, 0.25) is 12.7 Å². The summed E-state index contributed by atoms with van der Waals surface area (Å²) in [5, 5.41) is 3.04. The molecule has 2 aliphatic rings. The van der Waals surface area contributed by atoms with Gasteiger partial charge in [-0.3, -0.25) is 9.69 Å². The highest BCUT2D eigenvalue weighted by molar-refractivity contribution is 5.78. The maximum atomic E-state index is 12.6. The summed E-state index contributed by atoms with van der Waals surface area (Å²) < 4.78 is 19.1. The van der Waals surface area contributed by atoms with E-state index in [0.717, 1.165) is 72.1 Å². The molecule has 0 spiro atoms. The standard InChI is InChI=1S/C30H32N4O4/c35-30(31-17-23-10-11-27-28(16-23)38-21-37-27)19-33-14-12-22(13-15-33)18-34-26-9-5-4-8-25(26)32-29(34)20-36-24-6-2-1-3-7-24/h1-11,16,22H,12-15,17-21H2,(H,31,35). The summed E-state index contributed by atoms with van der Waals surface area (Å²) in [6.45, 7) is 4.30. The summed E-state index contributed by atoms with van der Waals surface area (Å²) in [5.74, 6) is 3.84. The van der Waals surface area contributed by atoms with Gasteiger partial charge in [-0.05, 0) is 73.8 Å². The van der Waals surface area contributed by atoms with E-state index in [9.17, 15) is 4.79 Å². The van der Waals surface area contributed by atoms with Crippen molar-refractivity contribution in [1.82, 2.24) is 19.8 Å². The lowest BCUT2D eigenvalue weighted by Crippen LogP contribution is -2.42. The van der Waals surface area contributed by atoms with Gasteiger partial charge in [0.05, 0.1) is 17.6 Å². The number of fused-ring (bicyclic) bond motifs is 2. The van der Waals surface area contributed by atoms with Crippen LogP contribution in [0.3, 0.4) is 0 Å². The van der Waals surface area contributed by atoms with Gasteiger partial charge in [0.1, 0.15) is 18.2 Å². The SMILES string of the molecule is O=C(CN1CCC(Cn2c(COc3ccccc3)nc3ccccc32)CC1)NCc1ccc2c(c1)OCO2. The first-order valence-corrected chi connectivity index (χ1v) is 13.2. The van der Waals surface area contributed by atoms with E-state index in [2.05, 4.69) is 33.0 Å². The summed E-state index contributed by atoms with van der Waals surface area (Å²) in [4.78, 5) is 19.7. The predicted molar refractivity (Wildman–Crippen MR) is 144 cm³/mol. The van der Waals surface area contributed by atoms with Crippen molar-refractivity contribution >= 4 is 16.9 Å². The van der Waals surface area contributed by atoms with Gasteiger partial charge in [0.25, 0.3) is 0 Å². The molecular formula is C30H32N4O4. The molecule has 0 unspecified atom stereocenters. The number of imidazole rings is 1. The highest BCUT2D eigenvalue weighted by Crippen LogP contribution is 2.32. The van der Waals surface area contributed by atoms with E-state index in [4.69, 9.17) is 19.2 Å². The van der Waals surface area contributed by atoms with Crippen molar-refractivity contribution in [2.45, 2.75) is 32.5 Å². The molecule has 0 bridgehead atoms. The number of likely N-dealkylation sites (tertiary alicyclic amines) is 1. The molecule has 1 N–H and O–H groups in total. The highest BCUT2D eigenvalue weighted by atomic mass is 16.7. The van der Waals surface area contributed by atoms with Crippen molar-refractivity contribution in [1.29, 1.82) is 0 Å². The quantitative estimate of drug-likeness (QED) is 0.359. The average Bonchev–Trinajstić information content (AvgIpc) is 3.56. The summed E-state index contributed by atoms with van der Waals surface area (Å²) in [5.41, 5.74) is 3.14. The summed E-state index contributed by atoms with van der Waals surface area (Å²) in [6.07, 6.45) is 2.09. The number of aromatic nitrogens is 2. The number of hydrogen-bond donors (Lipinski definition) is 1. The Morgan fingerprint density at radius 3 is 2.63 bits per heavy atom. The Morgan fingerprint density at radius 2 is 1.76 bits per heavy atom. The van der Waals surface area contributed by atoms with Gasteiger partial charge in [-0.1, -0.05) is 36.4 Å². The minimum absolute atomic E-state index is 0.0436. The Morgan fingerprint density at radius 1 is 0.974 bits per heavy atom. The third kappa shape index (κ3) is 5.60. The van der Waals surface area contributed by atoms with E-state index in [-0.39, 0.29) is 12.7 Å². The Labute approximate surface area is 222 Å². The number of amides is 1. The predicted octanol–water partition coefficient (Wildman–Crippen LogP) is 4.37. The normalized spacial score (nSPS) is 15.6. The highest BCUT2D eigenvalue weighted by Gasteiger charge is 2.23. The summed E-state index contributed by atoms with van der Waals surface area (Å²) in [7, 11) is 0. The minimum atomic E-state index is 0.0436. The second kappa shape index (κ2) is 11.1. The molecule has 1 fully saturated rings. The molecule has 0 saturated carbocycles. The molecule has 8 nitrogen and oxygen atoms in total. The molecular weight excluding hydrogens is 480 g/mol. The molecule has 4 aromatic rings. The fraction of sp³-hybridized carbons (Fsp3) is 0.333. The second-order valence-corrected chi connectivity index (χ2v) is 9.91. The number of ether oxygens (including phenoxy) is 3. The van der Waals surface area contributed by atoms with Gasteiger partial charge < -0.3 is 24.1 Å². The van der Waals surface area contributed by atoms with E-state index in [0.29, 0.717) is 25.6 Å². The van der Waals surface area contributed by atoms with Crippen LogP contribution in [0.15, 0.2) is 72.8 Å². The largest absolute Gasteiger partial charge is 0.486 e. The van der Waals surface area contributed by atoms with Crippen LogP contribution in [0, 0.1) is 5.92 Å². The van der Waals surface area contributed by atoms with E-state index in [1.165, 1.54) is 0 Å². The molecule has 6 rings (SSSR count). The van der Waals surface area contributed by atoms with Crippen molar-refractivity contribution in [3.63, 3.8) is 0 Å². The molecule has 196 valence electrons. The number of carbonyl (C=O) groups excluding carboxylic acids is 1. The molecule has 2 aliphatic heterocycles. The first-order valence-electron chi connectivity index (χ1n) is 13.2. The zero-order chi connectivity index (χ0) is 25.7. The number of benzene rings is 3. The van der Waals surface area contributed by atoms with Crippen LogP contribution < -0.4 is 19.5 Å². The molecule has 3 heterocycles. The third-order valence-corrected chi connectivity index (χ3v) is 7.29. The second-order valence-electron chi connectivity index (χ2n) is 9.91. The number of nitrogens with zero attached hydrogens (tertiary/aromatic N) is 3. The van der Waals surface area contributed by atoms with Gasteiger partial charge in [-0.25, -0.2) is 4.98 Å². The Kier molecular flexibility index (Phi) is 7.13. The lowest BCUT2D eigenvalue weighted by atomic mass is 9.96. The van der Waals surface area contributed by atoms with Gasteiger partial charge in [0.15, 0.2) is 11.5 Å². The first-order chi connectivity index (χ1) is 18.7. The molecule has 1 saturated heterocycles. The molecule has 1 amide bonds. The van der Waals surface area contributed by atoms with Gasteiger partial charge in [0, 0.05) is 13.1 Å². The Balaban J connectivity index is 1.01. The monoisotopic (exact) mass is 512 g/mol. The number of nitrogens with one attached hydrogen (secondary N) is 1. The first kappa shape index (κ1) is 24.3. The smallest absolute Gasteiger partial charge is 0.234 e. The van der Waals surface area contributed by atoms with Crippen LogP contribution in [0.5, 0.6) is 17.2 Å².